The van der Waals surface area contributed by atoms with Crippen LogP contribution < -0.4 is 5.32 Å². The molecule has 1 aromatic rings. The van der Waals surface area contributed by atoms with Crippen molar-refractivity contribution in [1.82, 2.24) is 15.1 Å². The van der Waals surface area contributed by atoms with Crippen LogP contribution in [0.15, 0.2) is 0 Å². The molecule has 1 N–H and O–H groups in total. The molecule has 0 aliphatic carbocycles. The number of ether oxygens (including phenoxy) is 1. The van der Waals surface area contributed by atoms with E-state index in [0.29, 0.717) is 12.0 Å². The normalized spacial score (nSPS) is 14.8. The first-order valence-electron chi connectivity index (χ1n) is 6.77. The van der Waals surface area contributed by atoms with Gasteiger partial charge in [0.15, 0.2) is 0 Å². The van der Waals surface area contributed by atoms with E-state index >= 15 is 0 Å². The molecule has 1 heterocycles. The molecule has 2 unspecified atom stereocenters. The Labute approximate surface area is 111 Å². The van der Waals surface area contributed by atoms with Gasteiger partial charge in [-0.2, -0.15) is 5.10 Å². The molecule has 0 bridgehead atoms. The summed E-state index contributed by atoms with van der Waals surface area (Å²) in [5.74, 6) is 0.527. The van der Waals surface area contributed by atoms with Crippen molar-refractivity contribution in [1.29, 1.82) is 0 Å². The lowest BCUT2D eigenvalue weighted by Gasteiger charge is -2.18. The maximum atomic E-state index is 5.15. The smallest absolute Gasteiger partial charge is 0.0644 e. The van der Waals surface area contributed by atoms with E-state index in [0.717, 1.165) is 25.4 Å². The fraction of sp³-hybridized carbons (Fsp3) is 0.786. The summed E-state index contributed by atoms with van der Waals surface area (Å²) in [7, 11) is 1.75. The molecule has 0 saturated heterocycles. The molecule has 4 heteroatoms. The molecular formula is C14H27N3O. The molecule has 0 aliphatic rings. The zero-order valence-electron chi connectivity index (χ0n) is 12.6. The minimum absolute atomic E-state index is 0.338. The Hall–Kier alpha value is -0.870. The Balaban J connectivity index is 2.66. The third-order valence-corrected chi connectivity index (χ3v) is 3.39. The Morgan fingerprint density at radius 2 is 2.00 bits per heavy atom. The quantitative estimate of drug-likeness (QED) is 0.811. The minimum Gasteiger partial charge on any atom is -0.384 e. The van der Waals surface area contributed by atoms with Gasteiger partial charge in [0.25, 0.3) is 0 Å². The van der Waals surface area contributed by atoms with E-state index in [1.807, 2.05) is 0 Å². The fourth-order valence-electron chi connectivity index (χ4n) is 2.47. The van der Waals surface area contributed by atoms with Gasteiger partial charge in [-0.3, -0.25) is 4.68 Å². The number of nitrogens with one attached hydrogen (secondary N) is 1. The van der Waals surface area contributed by atoms with Gasteiger partial charge in [0.2, 0.25) is 0 Å². The van der Waals surface area contributed by atoms with Crippen LogP contribution in [0.2, 0.25) is 0 Å². The highest BCUT2D eigenvalue weighted by atomic mass is 16.5. The average Bonchev–Trinajstić information content (AvgIpc) is 2.61. The summed E-state index contributed by atoms with van der Waals surface area (Å²) >= 11 is 0. The third-order valence-electron chi connectivity index (χ3n) is 3.39. The van der Waals surface area contributed by atoms with Crippen molar-refractivity contribution in [3.05, 3.63) is 17.0 Å². The topological polar surface area (TPSA) is 39.1 Å². The molecule has 2 atom stereocenters. The molecule has 0 aromatic carbocycles. The first kappa shape index (κ1) is 15.2. The van der Waals surface area contributed by atoms with Crippen molar-refractivity contribution in [2.24, 2.45) is 5.92 Å². The standard InChI is InChI=1S/C14H27N3O/c1-7-17-13(5)14(12(4)16-17)11(3)15-8-10(2)9-18-6/h10-11,15H,7-9H2,1-6H3. The Morgan fingerprint density at radius 3 is 2.50 bits per heavy atom. The Bertz CT molecular complexity index is 373. The summed E-state index contributed by atoms with van der Waals surface area (Å²) in [6.45, 7) is 13.5. The second-order valence-corrected chi connectivity index (χ2v) is 5.09. The molecule has 0 fully saturated rings. The number of methoxy groups -OCH3 is 1. The SMILES string of the molecule is CCn1nc(C)c(C(C)NCC(C)COC)c1C. The summed E-state index contributed by atoms with van der Waals surface area (Å²) < 4.78 is 7.22. The fourth-order valence-corrected chi connectivity index (χ4v) is 2.47. The summed E-state index contributed by atoms with van der Waals surface area (Å²) in [4.78, 5) is 0. The highest BCUT2D eigenvalue weighted by molar-refractivity contribution is 5.27. The van der Waals surface area contributed by atoms with Crippen molar-refractivity contribution in [2.45, 2.75) is 47.2 Å². The lowest BCUT2D eigenvalue weighted by Crippen LogP contribution is -2.27. The largest absolute Gasteiger partial charge is 0.384 e. The maximum Gasteiger partial charge on any atom is 0.0644 e. The summed E-state index contributed by atoms with van der Waals surface area (Å²) in [6.07, 6.45) is 0. The van der Waals surface area contributed by atoms with Crippen molar-refractivity contribution in [3.63, 3.8) is 0 Å². The van der Waals surface area contributed by atoms with Crippen LogP contribution in [-0.2, 0) is 11.3 Å². The van der Waals surface area contributed by atoms with E-state index in [2.05, 4.69) is 49.7 Å². The zero-order chi connectivity index (χ0) is 13.7. The first-order valence-corrected chi connectivity index (χ1v) is 6.77. The number of nitrogens with zero attached hydrogens (tertiary/aromatic N) is 2. The number of aryl methyl sites for hydroxylation is 2. The summed E-state index contributed by atoms with van der Waals surface area (Å²) in [6, 6.07) is 0.338. The number of hydrogen-bond donors (Lipinski definition) is 1. The highest BCUT2D eigenvalue weighted by Gasteiger charge is 2.17. The average molecular weight is 253 g/mol. The Morgan fingerprint density at radius 1 is 1.33 bits per heavy atom. The van der Waals surface area contributed by atoms with Crippen LogP contribution in [0.1, 0.15) is 43.8 Å². The van der Waals surface area contributed by atoms with E-state index < -0.39 is 0 Å². The van der Waals surface area contributed by atoms with E-state index in [9.17, 15) is 0 Å². The van der Waals surface area contributed by atoms with Gasteiger partial charge >= 0.3 is 0 Å². The van der Waals surface area contributed by atoms with Crippen LogP contribution in [-0.4, -0.2) is 30.0 Å². The van der Waals surface area contributed by atoms with E-state index in [1.54, 1.807) is 7.11 Å². The Kier molecular flexibility index (Phi) is 5.82. The highest BCUT2D eigenvalue weighted by Crippen LogP contribution is 2.21. The molecule has 0 spiro atoms. The van der Waals surface area contributed by atoms with Gasteiger partial charge in [-0.15, -0.1) is 0 Å². The third kappa shape index (κ3) is 3.56. The van der Waals surface area contributed by atoms with Crippen LogP contribution >= 0.6 is 0 Å². The van der Waals surface area contributed by atoms with Gasteiger partial charge < -0.3 is 10.1 Å². The molecule has 0 saturated carbocycles. The summed E-state index contributed by atoms with van der Waals surface area (Å²) in [5.41, 5.74) is 3.74. The van der Waals surface area contributed by atoms with Crippen LogP contribution in [0.3, 0.4) is 0 Å². The molecule has 104 valence electrons. The predicted octanol–water partition coefficient (Wildman–Crippen LogP) is 2.45. The molecule has 0 radical (unpaired) electrons. The zero-order valence-corrected chi connectivity index (χ0v) is 12.6. The van der Waals surface area contributed by atoms with Crippen LogP contribution in [0, 0.1) is 19.8 Å². The number of hydrogen-bond acceptors (Lipinski definition) is 3. The summed E-state index contributed by atoms with van der Waals surface area (Å²) in [5, 5.41) is 8.13. The second kappa shape index (κ2) is 6.90. The van der Waals surface area contributed by atoms with Crippen molar-refractivity contribution in [2.75, 3.05) is 20.3 Å². The molecule has 0 amide bonds. The number of rotatable bonds is 7. The second-order valence-electron chi connectivity index (χ2n) is 5.09. The van der Waals surface area contributed by atoms with Gasteiger partial charge in [0, 0.05) is 44.1 Å². The lowest BCUT2D eigenvalue weighted by molar-refractivity contribution is 0.157. The van der Waals surface area contributed by atoms with E-state index in [-0.39, 0.29) is 0 Å². The van der Waals surface area contributed by atoms with Crippen molar-refractivity contribution < 1.29 is 4.74 Å². The molecular weight excluding hydrogens is 226 g/mol. The van der Waals surface area contributed by atoms with Gasteiger partial charge in [-0.1, -0.05) is 6.92 Å². The van der Waals surface area contributed by atoms with E-state index in [4.69, 9.17) is 4.74 Å². The van der Waals surface area contributed by atoms with Gasteiger partial charge in [-0.05, 0) is 33.6 Å². The van der Waals surface area contributed by atoms with E-state index in [1.165, 1.54) is 11.3 Å². The van der Waals surface area contributed by atoms with Crippen LogP contribution in [0.5, 0.6) is 0 Å². The van der Waals surface area contributed by atoms with Crippen LogP contribution in [0.4, 0.5) is 0 Å². The lowest BCUT2D eigenvalue weighted by atomic mass is 10.1. The predicted molar refractivity (Wildman–Crippen MR) is 74.8 cm³/mol. The van der Waals surface area contributed by atoms with Gasteiger partial charge in [0.05, 0.1) is 5.69 Å². The van der Waals surface area contributed by atoms with Gasteiger partial charge in [0.1, 0.15) is 0 Å². The molecule has 18 heavy (non-hydrogen) atoms. The molecule has 1 rings (SSSR count). The minimum atomic E-state index is 0.338. The monoisotopic (exact) mass is 253 g/mol. The van der Waals surface area contributed by atoms with Crippen LogP contribution in [0.25, 0.3) is 0 Å². The first-order chi connectivity index (χ1) is 8.51. The number of aromatic nitrogens is 2. The van der Waals surface area contributed by atoms with Crippen molar-refractivity contribution in [3.8, 4) is 0 Å². The van der Waals surface area contributed by atoms with Crippen molar-refractivity contribution >= 4 is 0 Å². The van der Waals surface area contributed by atoms with Gasteiger partial charge in [-0.25, -0.2) is 0 Å². The maximum absolute atomic E-state index is 5.15. The molecule has 4 nitrogen and oxygen atoms in total. The molecule has 1 aromatic heterocycles. The molecule has 0 aliphatic heterocycles.